The summed E-state index contributed by atoms with van der Waals surface area (Å²) in [6.45, 7) is 3.73. The van der Waals surface area contributed by atoms with Crippen molar-refractivity contribution in [1.82, 2.24) is 0 Å². The highest BCUT2D eigenvalue weighted by molar-refractivity contribution is 4.68. The lowest BCUT2D eigenvalue weighted by atomic mass is 10.2. The highest BCUT2D eigenvalue weighted by Crippen LogP contribution is 2.02. The van der Waals surface area contributed by atoms with Gasteiger partial charge >= 0.3 is 0 Å². The molecule has 0 saturated carbocycles. The fraction of sp³-hybridized carbons (Fsp3) is 0.833. The summed E-state index contributed by atoms with van der Waals surface area (Å²) >= 11 is 0. The molecule has 1 atom stereocenters. The average Bonchev–Trinajstić information content (AvgIpc) is 1.68. The Bertz CT molecular complexity index is 35.2. The van der Waals surface area contributed by atoms with Gasteiger partial charge < -0.3 is 0 Å². The Labute approximate surface area is 44.7 Å². The molecule has 0 bridgehead atoms. The Morgan fingerprint density at radius 2 is 2.29 bits per heavy atom. The quantitative estimate of drug-likeness (QED) is 0.514. The van der Waals surface area contributed by atoms with E-state index in [0.29, 0.717) is 6.42 Å². The molecule has 1 heteroatoms. The largest absolute Gasteiger partial charge is 0.247 e. The first-order valence-corrected chi connectivity index (χ1v) is 2.74. The predicted molar refractivity (Wildman–Crippen MR) is 29.8 cm³/mol. The molecule has 0 aromatic heterocycles. The summed E-state index contributed by atoms with van der Waals surface area (Å²) < 4.78 is 12.1. The van der Waals surface area contributed by atoms with Crippen LogP contribution < -0.4 is 0 Å². The van der Waals surface area contributed by atoms with E-state index in [-0.39, 0.29) is 0 Å². The minimum absolute atomic E-state index is 0.676. The molecular formula is C6H12F. The smallest absolute Gasteiger partial charge is 0.103 e. The van der Waals surface area contributed by atoms with Crippen molar-refractivity contribution in [3.05, 3.63) is 6.42 Å². The van der Waals surface area contributed by atoms with E-state index in [0.717, 1.165) is 6.42 Å². The number of rotatable bonds is 3. The zero-order chi connectivity index (χ0) is 5.70. The van der Waals surface area contributed by atoms with Crippen LogP contribution in [0.1, 0.15) is 26.7 Å². The third-order valence-electron chi connectivity index (χ3n) is 0.926. The van der Waals surface area contributed by atoms with Crippen LogP contribution in [0, 0.1) is 6.42 Å². The van der Waals surface area contributed by atoms with Crippen LogP contribution in [0.2, 0.25) is 0 Å². The van der Waals surface area contributed by atoms with Crippen LogP contribution in [0.25, 0.3) is 0 Å². The second-order valence-corrected chi connectivity index (χ2v) is 1.64. The van der Waals surface area contributed by atoms with Crippen LogP contribution >= 0.6 is 0 Å². The molecule has 43 valence electrons. The molecule has 0 spiro atoms. The number of hydrogen-bond donors (Lipinski definition) is 0. The summed E-state index contributed by atoms with van der Waals surface area (Å²) in [7, 11) is 0. The molecule has 0 aliphatic heterocycles. The molecule has 0 nitrogen and oxygen atoms in total. The van der Waals surface area contributed by atoms with Crippen molar-refractivity contribution in [2.45, 2.75) is 32.9 Å². The lowest BCUT2D eigenvalue weighted by Crippen LogP contribution is -1.95. The third-order valence-corrected chi connectivity index (χ3v) is 0.926. The van der Waals surface area contributed by atoms with Gasteiger partial charge in [0.15, 0.2) is 0 Å². The Morgan fingerprint density at radius 1 is 1.71 bits per heavy atom. The van der Waals surface area contributed by atoms with Gasteiger partial charge in [0.05, 0.1) is 0 Å². The molecule has 0 aromatic carbocycles. The molecule has 0 aliphatic carbocycles. The van der Waals surface area contributed by atoms with Crippen molar-refractivity contribution in [2.24, 2.45) is 0 Å². The maximum Gasteiger partial charge on any atom is 0.103 e. The van der Waals surface area contributed by atoms with Crippen LogP contribution in [0.15, 0.2) is 0 Å². The summed E-state index contributed by atoms with van der Waals surface area (Å²) in [5, 5.41) is 0. The van der Waals surface area contributed by atoms with Crippen LogP contribution in [-0.2, 0) is 0 Å². The van der Waals surface area contributed by atoms with Crippen molar-refractivity contribution in [1.29, 1.82) is 0 Å². The maximum atomic E-state index is 12.1. The molecule has 0 heterocycles. The summed E-state index contributed by atoms with van der Waals surface area (Å²) in [4.78, 5) is 0. The summed E-state index contributed by atoms with van der Waals surface area (Å²) in [5.74, 6) is 0. The maximum absolute atomic E-state index is 12.1. The predicted octanol–water partition coefficient (Wildman–Crippen LogP) is 2.35. The zero-order valence-corrected chi connectivity index (χ0v) is 4.95. The molecular weight excluding hydrogens is 91.1 g/mol. The lowest BCUT2D eigenvalue weighted by Gasteiger charge is -1.97. The van der Waals surface area contributed by atoms with E-state index in [1.807, 2.05) is 6.92 Å². The molecule has 1 radical (unpaired) electrons. The van der Waals surface area contributed by atoms with Gasteiger partial charge in [0, 0.05) is 0 Å². The molecule has 0 saturated heterocycles. The number of hydrogen-bond acceptors (Lipinski definition) is 0. The normalized spacial score (nSPS) is 14.1. The topological polar surface area (TPSA) is 0 Å². The van der Waals surface area contributed by atoms with Gasteiger partial charge in [0.2, 0.25) is 0 Å². The van der Waals surface area contributed by atoms with Gasteiger partial charge in [-0.05, 0) is 12.8 Å². The zero-order valence-electron chi connectivity index (χ0n) is 4.95. The first-order valence-electron chi connectivity index (χ1n) is 2.74. The Balaban J connectivity index is 2.83. The molecule has 0 fully saturated rings. The minimum Gasteiger partial charge on any atom is -0.247 e. The first kappa shape index (κ1) is 6.93. The van der Waals surface area contributed by atoms with Crippen LogP contribution in [0.3, 0.4) is 0 Å². The minimum atomic E-state index is -0.676. The van der Waals surface area contributed by atoms with Gasteiger partial charge in [-0.3, -0.25) is 0 Å². The van der Waals surface area contributed by atoms with Crippen molar-refractivity contribution in [2.75, 3.05) is 0 Å². The van der Waals surface area contributed by atoms with Gasteiger partial charge in [0.25, 0.3) is 0 Å². The molecule has 0 amide bonds. The van der Waals surface area contributed by atoms with Gasteiger partial charge in [-0.1, -0.05) is 20.3 Å². The first-order chi connectivity index (χ1) is 3.31. The van der Waals surface area contributed by atoms with E-state index in [9.17, 15) is 4.39 Å². The highest BCUT2D eigenvalue weighted by atomic mass is 19.1. The van der Waals surface area contributed by atoms with E-state index in [1.165, 1.54) is 0 Å². The van der Waals surface area contributed by atoms with E-state index < -0.39 is 6.17 Å². The summed E-state index contributed by atoms with van der Waals surface area (Å²) in [6, 6.07) is 0. The van der Waals surface area contributed by atoms with Crippen molar-refractivity contribution in [3.8, 4) is 0 Å². The molecule has 0 aromatic rings. The van der Waals surface area contributed by atoms with Gasteiger partial charge in [-0.2, -0.15) is 0 Å². The molecule has 0 aliphatic rings. The van der Waals surface area contributed by atoms with E-state index in [4.69, 9.17) is 0 Å². The number of halogens is 1. The standard InChI is InChI=1S/C6H12F/c1-3-5-6(7)4-2/h4,6H,3,5H2,1-2H3. The van der Waals surface area contributed by atoms with Crippen LogP contribution in [0.4, 0.5) is 4.39 Å². The average molecular weight is 103 g/mol. The van der Waals surface area contributed by atoms with Crippen LogP contribution in [-0.4, -0.2) is 6.17 Å². The van der Waals surface area contributed by atoms with Crippen molar-refractivity contribution in [3.63, 3.8) is 0 Å². The summed E-state index contributed by atoms with van der Waals surface area (Å²) in [6.07, 6.45) is 2.52. The van der Waals surface area contributed by atoms with E-state index in [1.54, 1.807) is 13.3 Å². The molecule has 0 rings (SSSR count). The van der Waals surface area contributed by atoms with Crippen LogP contribution in [0.5, 0.6) is 0 Å². The monoisotopic (exact) mass is 103 g/mol. The van der Waals surface area contributed by atoms with Crippen molar-refractivity contribution < 1.29 is 4.39 Å². The van der Waals surface area contributed by atoms with Gasteiger partial charge in [-0.15, -0.1) is 0 Å². The third kappa shape index (κ3) is 3.77. The van der Waals surface area contributed by atoms with Gasteiger partial charge in [0.1, 0.15) is 6.17 Å². The van der Waals surface area contributed by atoms with Gasteiger partial charge in [-0.25, -0.2) is 4.39 Å². The summed E-state index contributed by atoms with van der Waals surface area (Å²) in [5.41, 5.74) is 0. The Morgan fingerprint density at radius 3 is 2.43 bits per heavy atom. The highest BCUT2D eigenvalue weighted by Gasteiger charge is 1.97. The number of alkyl halides is 1. The van der Waals surface area contributed by atoms with Crippen molar-refractivity contribution >= 4 is 0 Å². The van der Waals surface area contributed by atoms with E-state index >= 15 is 0 Å². The fourth-order valence-electron chi connectivity index (χ4n) is 0.442. The second-order valence-electron chi connectivity index (χ2n) is 1.64. The fourth-order valence-corrected chi connectivity index (χ4v) is 0.442. The SMILES string of the molecule is C[CH]C(F)CCC. The molecule has 0 N–H and O–H groups in total. The Kier molecular flexibility index (Phi) is 4.06. The Hall–Kier alpha value is -0.0700. The molecule has 7 heavy (non-hydrogen) atoms. The lowest BCUT2D eigenvalue weighted by molar-refractivity contribution is 0.353. The van der Waals surface area contributed by atoms with E-state index in [2.05, 4.69) is 0 Å². The second kappa shape index (κ2) is 4.10. The molecule has 1 unspecified atom stereocenters.